The molecule has 3 aromatic rings. The van der Waals surface area contributed by atoms with Gasteiger partial charge < -0.3 is 25.8 Å². The Hall–Kier alpha value is -3.66. The molecule has 1 amide bonds. The van der Waals surface area contributed by atoms with Gasteiger partial charge >= 0.3 is 12.1 Å². The van der Waals surface area contributed by atoms with Crippen LogP contribution in [-0.2, 0) is 11.3 Å². The predicted molar refractivity (Wildman–Crippen MR) is 125 cm³/mol. The fourth-order valence-electron chi connectivity index (χ4n) is 3.00. The Morgan fingerprint density at radius 2 is 1.97 bits per heavy atom. The first kappa shape index (κ1) is 23.0. The van der Waals surface area contributed by atoms with E-state index in [0.717, 1.165) is 20.9 Å². The summed E-state index contributed by atoms with van der Waals surface area (Å²) in [4.78, 5) is 29.3. The molecule has 168 valence electrons. The maximum atomic E-state index is 12.4. The Balaban J connectivity index is 1.64. The summed E-state index contributed by atoms with van der Waals surface area (Å²) in [7, 11) is 0. The molecular weight excluding hydrogens is 430 g/mol. The number of aromatic nitrogens is 1. The lowest BCUT2D eigenvalue weighted by Crippen LogP contribution is -2.35. The van der Waals surface area contributed by atoms with Crippen molar-refractivity contribution in [3.05, 3.63) is 53.0 Å². The molecule has 2 aromatic carbocycles. The van der Waals surface area contributed by atoms with Gasteiger partial charge in [0.2, 0.25) is 0 Å². The van der Waals surface area contributed by atoms with Crippen LogP contribution in [-0.4, -0.2) is 46.0 Å². The van der Waals surface area contributed by atoms with Crippen LogP contribution in [0.4, 0.5) is 10.5 Å². The van der Waals surface area contributed by atoms with E-state index in [-0.39, 0.29) is 18.8 Å². The van der Waals surface area contributed by atoms with Gasteiger partial charge in [-0.15, -0.1) is 11.3 Å². The molecule has 1 heterocycles. The van der Waals surface area contributed by atoms with Crippen molar-refractivity contribution in [2.45, 2.75) is 26.3 Å². The molecule has 0 saturated carbocycles. The van der Waals surface area contributed by atoms with Crippen LogP contribution < -0.4 is 15.8 Å². The SMILES string of the molecule is CCCN(CCC(=O)O)C(=O)Oc1ccc2sc(CNc3ccc(C(=N)N)cc3)nc2c1. The molecule has 0 unspecified atom stereocenters. The van der Waals surface area contributed by atoms with Crippen LogP contribution in [0.1, 0.15) is 30.3 Å². The van der Waals surface area contributed by atoms with Crippen molar-refractivity contribution in [2.24, 2.45) is 5.73 Å². The number of nitrogens with zero attached hydrogens (tertiary/aromatic N) is 2. The number of ether oxygens (including phenoxy) is 1. The molecule has 0 saturated heterocycles. The molecule has 0 aliphatic heterocycles. The number of carboxylic acid groups (broad SMARTS) is 1. The summed E-state index contributed by atoms with van der Waals surface area (Å²) in [5.74, 6) is -0.568. The van der Waals surface area contributed by atoms with Gasteiger partial charge in [-0.05, 0) is 42.8 Å². The van der Waals surface area contributed by atoms with Gasteiger partial charge in [0, 0.05) is 30.4 Å². The molecule has 9 nitrogen and oxygen atoms in total. The molecule has 0 radical (unpaired) electrons. The molecule has 0 atom stereocenters. The third-order valence-corrected chi connectivity index (χ3v) is 5.63. The normalized spacial score (nSPS) is 10.7. The molecule has 0 fully saturated rings. The van der Waals surface area contributed by atoms with Crippen molar-refractivity contribution in [3.8, 4) is 5.75 Å². The van der Waals surface area contributed by atoms with Crippen LogP contribution in [0.25, 0.3) is 10.2 Å². The van der Waals surface area contributed by atoms with E-state index in [0.29, 0.717) is 30.8 Å². The standard InChI is InChI=1S/C22H25N5O4S/c1-2-10-27(11-9-20(28)29)22(30)31-16-7-8-18-17(12-16)26-19(32-18)13-25-15-5-3-14(4-6-15)21(23)24/h3-8,12,25H,2,9-11,13H2,1H3,(H3,23,24)(H,28,29). The molecule has 1 aromatic heterocycles. The summed E-state index contributed by atoms with van der Waals surface area (Å²) in [5.41, 5.74) is 7.74. The lowest BCUT2D eigenvalue weighted by atomic mass is 10.2. The zero-order chi connectivity index (χ0) is 23.1. The third kappa shape index (κ3) is 6.17. The van der Waals surface area contributed by atoms with E-state index in [2.05, 4.69) is 10.3 Å². The Bertz CT molecular complexity index is 1110. The van der Waals surface area contributed by atoms with Gasteiger partial charge in [-0.1, -0.05) is 6.92 Å². The Labute approximate surface area is 189 Å². The average molecular weight is 456 g/mol. The zero-order valence-electron chi connectivity index (χ0n) is 17.6. The first-order valence-electron chi connectivity index (χ1n) is 10.1. The fraction of sp³-hybridized carbons (Fsp3) is 0.273. The zero-order valence-corrected chi connectivity index (χ0v) is 18.4. The van der Waals surface area contributed by atoms with Gasteiger partial charge in [0.15, 0.2) is 0 Å². The molecule has 0 aliphatic rings. The Morgan fingerprint density at radius 3 is 2.62 bits per heavy atom. The molecule has 32 heavy (non-hydrogen) atoms. The summed E-state index contributed by atoms with van der Waals surface area (Å²) in [6.07, 6.45) is 0.000408. The van der Waals surface area contributed by atoms with Crippen LogP contribution in [0, 0.1) is 5.41 Å². The highest BCUT2D eigenvalue weighted by Gasteiger charge is 2.17. The number of nitrogens with two attached hydrogens (primary N) is 1. The van der Waals surface area contributed by atoms with Crippen molar-refractivity contribution in [1.82, 2.24) is 9.88 Å². The van der Waals surface area contributed by atoms with E-state index in [4.69, 9.17) is 21.0 Å². The minimum absolute atomic E-state index is 0.0268. The smallest absolute Gasteiger partial charge is 0.415 e. The van der Waals surface area contributed by atoms with E-state index in [1.54, 1.807) is 24.3 Å². The second-order valence-electron chi connectivity index (χ2n) is 7.08. The molecule has 0 aliphatic carbocycles. The average Bonchev–Trinajstić information content (AvgIpc) is 3.17. The number of carboxylic acids is 1. The highest BCUT2D eigenvalue weighted by Crippen LogP contribution is 2.27. The largest absolute Gasteiger partial charge is 0.481 e. The number of rotatable bonds is 10. The topological polar surface area (TPSA) is 142 Å². The molecule has 10 heteroatoms. The lowest BCUT2D eigenvalue weighted by molar-refractivity contribution is -0.137. The quantitative estimate of drug-likeness (QED) is 0.268. The number of aliphatic carboxylic acids is 1. The second-order valence-corrected chi connectivity index (χ2v) is 8.20. The number of nitrogens with one attached hydrogen (secondary N) is 2. The number of carbonyl (C=O) groups excluding carboxylic acids is 1. The highest BCUT2D eigenvalue weighted by atomic mass is 32.1. The van der Waals surface area contributed by atoms with Crippen LogP contribution in [0.3, 0.4) is 0 Å². The molecule has 3 rings (SSSR count). The Morgan fingerprint density at radius 1 is 1.22 bits per heavy atom. The maximum absolute atomic E-state index is 12.4. The summed E-state index contributed by atoms with van der Waals surface area (Å²) < 4.78 is 6.42. The molecular formula is C22H25N5O4S. The molecule has 0 bridgehead atoms. The van der Waals surface area contributed by atoms with Gasteiger partial charge in [-0.25, -0.2) is 9.78 Å². The summed E-state index contributed by atoms with van der Waals surface area (Å²) in [6, 6.07) is 12.5. The minimum Gasteiger partial charge on any atom is -0.481 e. The number of fused-ring (bicyclic) bond motifs is 1. The number of thiazole rings is 1. The number of hydrogen-bond acceptors (Lipinski definition) is 7. The van der Waals surface area contributed by atoms with Gasteiger partial charge in [0.1, 0.15) is 16.6 Å². The van der Waals surface area contributed by atoms with Crippen molar-refractivity contribution in [3.63, 3.8) is 0 Å². The van der Waals surface area contributed by atoms with Crippen LogP contribution >= 0.6 is 11.3 Å². The van der Waals surface area contributed by atoms with Gasteiger partial charge in [0.05, 0.1) is 23.2 Å². The fourth-order valence-corrected chi connectivity index (χ4v) is 3.89. The molecule has 5 N–H and O–H groups in total. The number of amides is 1. The third-order valence-electron chi connectivity index (χ3n) is 4.60. The Kier molecular flexibility index (Phi) is 7.61. The van der Waals surface area contributed by atoms with E-state index in [1.807, 2.05) is 25.1 Å². The highest BCUT2D eigenvalue weighted by molar-refractivity contribution is 7.18. The van der Waals surface area contributed by atoms with Crippen molar-refractivity contribution in [2.75, 3.05) is 18.4 Å². The summed E-state index contributed by atoms with van der Waals surface area (Å²) >= 11 is 1.53. The second kappa shape index (κ2) is 10.6. The number of hydrogen-bond donors (Lipinski definition) is 4. The summed E-state index contributed by atoms with van der Waals surface area (Å²) in [5, 5.41) is 20.5. The number of carbonyl (C=O) groups is 2. The predicted octanol–water partition coefficient (Wildman–Crippen LogP) is 3.88. The first-order chi connectivity index (χ1) is 15.4. The maximum Gasteiger partial charge on any atom is 0.415 e. The van der Waals surface area contributed by atoms with E-state index in [1.165, 1.54) is 16.2 Å². The van der Waals surface area contributed by atoms with Crippen LogP contribution in [0.5, 0.6) is 5.75 Å². The number of amidine groups is 1. The monoisotopic (exact) mass is 455 g/mol. The first-order valence-corrected chi connectivity index (χ1v) is 10.9. The van der Waals surface area contributed by atoms with E-state index in [9.17, 15) is 9.59 Å². The number of anilines is 1. The molecule has 0 spiro atoms. The van der Waals surface area contributed by atoms with Crippen LogP contribution in [0.15, 0.2) is 42.5 Å². The minimum atomic E-state index is -0.960. The van der Waals surface area contributed by atoms with Crippen molar-refractivity contribution < 1.29 is 19.4 Å². The van der Waals surface area contributed by atoms with Gasteiger partial charge in [0.25, 0.3) is 0 Å². The lowest BCUT2D eigenvalue weighted by Gasteiger charge is -2.20. The number of nitrogen functional groups attached to an aromatic ring is 1. The van der Waals surface area contributed by atoms with Gasteiger partial charge in [-0.3, -0.25) is 10.2 Å². The summed E-state index contributed by atoms with van der Waals surface area (Å²) in [6.45, 7) is 2.96. The van der Waals surface area contributed by atoms with Crippen LogP contribution in [0.2, 0.25) is 0 Å². The van der Waals surface area contributed by atoms with Crippen molar-refractivity contribution in [1.29, 1.82) is 5.41 Å². The van der Waals surface area contributed by atoms with E-state index < -0.39 is 12.1 Å². The van der Waals surface area contributed by atoms with Gasteiger partial charge in [-0.2, -0.15) is 0 Å². The number of benzene rings is 2. The van der Waals surface area contributed by atoms with Crippen molar-refractivity contribution >= 4 is 45.1 Å². The van der Waals surface area contributed by atoms with E-state index >= 15 is 0 Å².